The first-order valence-corrected chi connectivity index (χ1v) is 19.8. The first-order chi connectivity index (χ1) is 27.3. The van der Waals surface area contributed by atoms with Gasteiger partial charge in [-0.1, -0.05) is 45.9 Å². The van der Waals surface area contributed by atoms with Crippen LogP contribution in [-0.2, 0) is 23.8 Å². The van der Waals surface area contributed by atoms with Crippen molar-refractivity contribution in [3.63, 3.8) is 0 Å². The highest BCUT2D eigenvalue weighted by Crippen LogP contribution is 2.49. The van der Waals surface area contributed by atoms with Crippen LogP contribution in [0.4, 0.5) is 5.69 Å². The molecular formula is C43H58N4O11. The predicted octanol–water partition coefficient (Wildman–Crippen LogP) is 3.62. The average Bonchev–Trinajstić information content (AvgIpc) is 3.45. The summed E-state index contributed by atoms with van der Waals surface area (Å²) in [6.45, 7) is 14.7. The maximum atomic E-state index is 14.6. The van der Waals surface area contributed by atoms with Crippen LogP contribution in [0.3, 0.4) is 0 Å². The van der Waals surface area contributed by atoms with E-state index in [1.165, 1.54) is 27.2 Å². The molecule has 15 heteroatoms. The maximum Gasteiger partial charge on any atom is 0.312 e. The number of amides is 1. The van der Waals surface area contributed by atoms with Crippen molar-refractivity contribution >= 4 is 34.1 Å². The summed E-state index contributed by atoms with van der Waals surface area (Å²) in [6.07, 6.45) is 4.56. The van der Waals surface area contributed by atoms with E-state index in [0.717, 1.165) is 6.54 Å². The van der Waals surface area contributed by atoms with Crippen molar-refractivity contribution in [3.8, 4) is 17.2 Å². The number of ether oxygens (including phenoxy) is 4. The molecule has 58 heavy (non-hydrogen) atoms. The number of nitrogens with zero attached hydrogens (tertiary/aromatic N) is 3. The number of rotatable bonds is 2. The summed E-state index contributed by atoms with van der Waals surface area (Å²) < 4.78 is 23.9. The third kappa shape index (κ3) is 8.63. The van der Waals surface area contributed by atoms with E-state index in [1.807, 2.05) is 7.05 Å². The second kappa shape index (κ2) is 18.0. The number of hydrogen-bond acceptors (Lipinski definition) is 14. The molecule has 0 aliphatic carbocycles. The molecule has 0 radical (unpaired) electrons. The Bertz CT molecular complexity index is 2150. The van der Waals surface area contributed by atoms with Crippen LogP contribution in [0.15, 0.2) is 46.1 Å². The number of allylic oxidation sites excluding steroid dienone is 2. The Balaban J connectivity index is 1.76. The van der Waals surface area contributed by atoms with Crippen molar-refractivity contribution in [1.82, 2.24) is 4.90 Å². The summed E-state index contributed by atoms with van der Waals surface area (Å²) in [4.78, 5) is 52.6. The van der Waals surface area contributed by atoms with Crippen molar-refractivity contribution < 1.29 is 53.8 Å². The van der Waals surface area contributed by atoms with Gasteiger partial charge in [0.1, 0.15) is 28.6 Å². The van der Waals surface area contributed by atoms with Gasteiger partial charge >= 0.3 is 11.8 Å². The zero-order valence-corrected chi connectivity index (χ0v) is 35.0. The lowest BCUT2D eigenvalue weighted by Crippen LogP contribution is -2.46. The van der Waals surface area contributed by atoms with Gasteiger partial charge in [-0.15, -0.1) is 0 Å². The van der Waals surface area contributed by atoms with Crippen LogP contribution < -0.4 is 20.8 Å². The zero-order chi connectivity index (χ0) is 42.8. The number of aromatic hydroxyl groups is 2. The van der Waals surface area contributed by atoms with Gasteiger partial charge < -0.3 is 49.6 Å². The molecule has 3 heterocycles. The van der Waals surface area contributed by atoms with Gasteiger partial charge in [0.05, 0.1) is 47.4 Å². The topological polar surface area (TPSA) is 209 Å². The lowest BCUT2D eigenvalue weighted by atomic mass is 9.78. The van der Waals surface area contributed by atoms with Crippen LogP contribution in [0, 0.1) is 30.6 Å². The highest BCUT2D eigenvalue weighted by Gasteiger charge is 2.49. The molecule has 0 saturated heterocycles. The Morgan fingerprint density at radius 1 is 0.948 bits per heavy atom. The normalized spacial score (nSPS) is 32.4. The molecule has 9 atom stereocenters. The number of Topliss-reactive ketones (excluding diaryl/α,β-unsaturated/α-hetero) is 1. The van der Waals surface area contributed by atoms with Gasteiger partial charge in [0.25, 0.3) is 11.7 Å². The van der Waals surface area contributed by atoms with Crippen molar-refractivity contribution in [2.45, 2.75) is 92.0 Å². The van der Waals surface area contributed by atoms with Crippen molar-refractivity contribution in [2.24, 2.45) is 33.7 Å². The molecule has 4 bridgehead atoms. The monoisotopic (exact) mass is 806 g/mol. The molecule has 0 spiro atoms. The largest absolute Gasteiger partial charge is 0.507 e. The van der Waals surface area contributed by atoms with E-state index in [1.54, 1.807) is 65.8 Å². The summed E-state index contributed by atoms with van der Waals surface area (Å²) in [7, 11) is 3.42. The quantitative estimate of drug-likeness (QED) is 0.218. The number of likely N-dealkylation sites (N-methyl/N-ethyl adjacent to an activating group) is 1. The van der Waals surface area contributed by atoms with Crippen LogP contribution >= 0.6 is 0 Å². The van der Waals surface area contributed by atoms with Gasteiger partial charge in [0.2, 0.25) is 0 Å². The number of esters is 1. The second-order valence-corrected chi connectivity index (χ2v) is 16.0. The number of carbonyl (C=O) groups is 3. The minimum Gasteiger partial charge on any atom is -0.507 e. The molecule has 0 saturated carbocycles. The average molecular weight is 807 g/mol. The highest BCUT2D eigenvalue weighted by molar-refractivity contribution is 6.19. The molecule has 2 aromatic carbocycles. The minimum atomic E-state index is -1.96. The number of fused-ring (bicyclic) bond motifs is 1. The summed E-state index contributed by atoms with van der Waals surface area (Å²) in [5.41, 5.74) is 0.328. The SMILES string of the molecule is CO[C@H]1/C=C/O[C@@]2(C)Oc3c(C)c(O)c4c(O)c(c5c(c4c3C2=O)=NCCCN(C)CCN=5)NC(=O)/C(C)=C\C=C\[C@H](C)[C@H](O)[C@@H](C)[C@@H](O)[C@@H](C)[C@H](OC(C)=O)[C@@H]1C. The van der Waals surface area contributed by atoms with E-state index in [4.69, 9.17) is 28.9 Å². The Hall–Kier alpha value is -4.83. The van der Waals surface area contributed by atoms with Gasteiger partial charge in [-0.25, -0.2) is 0 Å². The van der Waals surface area contributed by atoms with Gasteiger partial charge in [-0.3, -0.25) is 24.4 Å². The molecule has 3 aliphatic rings. The first-order valence-electron chi connectivity index (χ1n) is 19.8. The zero-order valence-electron chi connectivity index (χ0n) is 35.0. The number of aliphatic hydroxyl groups is 2. The Morgan fingerprint density at radius 2 is 1.64 bits per heavy atom. The molecular weight excluding hydrogens is 748 g/mol. The lowest BCUT2D eigenvalue weighted by molar-refractivity contribution is -0.160. The summed E-state index contributed by atoms with van der Waals surface area (Å²) in [5.74, 6) is -6.96. The molecule has 0 aromatic heterocycles. The van der Waals surface area contributed by atoms with Gasteiger partial charge in [0.15, 0.2) is 5.75 Å². The summed E-state index contributed by atoms with van der Waals surface area (Å²) in [6, 6.07) is 0. The van der Waals surface area contributed by atoms with E-state index in [9.17, 15) is 34.8 Å². The molecule has 3 aliphatic heterocycles. The molecule has 5 N–H and O–H groups in total. The van der Waals surface area contributed by atoms with Crippen LogP contribution in [-0.4, -0.2) is 114 Å². The molecule has 15 nitrogen and oxygen atoms in total. The van der Waals surface area contributed by atoms with Crippen molar-refractivity contribution in [3.05, 3.63) is 58.0 Å². The number of carbonyl (C=O) groups excluding carboxylic acids is 3. The molecule has 0 unspecified atom stereocenters. The fraction of sp³-hybridized carbons (Fsp3) is 0.558. The number of phenols is 2. The van der Waals surface area contributed by atoms with Crippen LogP contribution in [0.5, 0.6) is 17.2 Å². The fourth-order valence-corrected chi connectivity index (χ4v) is 7.99. The third-order valence-corrected chi connectivity index (χ3v) is 11.7. The van der Waals surface area contributed by atoms with Gasteiger partial charge in [-0.2, -0.15) is 0 Å². The van der Waals surface area contributed by atoms with E-state index >= 15 is 0 Å². The number of anilines is 1. The molecule has 1 amide bonds. The Morgan fingerprint density at radius 3 is 2.31 bits per heavy atom. The second-order valence-electron chi connectivity index (χ2n) is 16.0. The first kappa shape index (κ1) is 44.3. The van der Waals surface area contributed by atoms with E-state index in [-0.39, 0.29) is 61.9 Å². The van der Waals surface area contributed by atoms with Crippen molar-refractivity contribution in [2.75, 3.05) is 45.7 Å². The minimum absolute atomic E-state index is 0.0224. The lowest BCUT2D eigenvalue weighted by Gasteiger charge is -2.38. The van der Waals surface area contributed by atoms with E-state index < -0.39 is 77.3 Å². The summed E-state index contributed by atoms with van der Waals surface area (Å²) in [5, 5.41) is 49.8. The molecule has 0 fully saturated rings. The van der Waals surface area contributed by atoms with Crippen LogP contribution in [0.2, 0.25) is 0 Å². The smallest absolute Gasteiger partial charge is 0.312 e. The molecule has 2 aromatic rings. The number of benzene rings is 2. The van der Waals surface area contributed by atoms with Crippen LogP contribution in [0.25, 0.3) is 10.8 Å². The molecule has 316 valence electrons. The number of ketones is 1. The Labute approximate surface area is 338 Å². The van der Waals surface area contributed by atoms with Crippen molar-refractivity contribution in [1.29, 1.82) is 0 Å². The number of methoxy groups -OCH3 is 1. The summed E-state index contributed by atoms with van der Waals surface area (Å²) >= 11 is 0. The van der Waals surface area contributed by atoms with Gasteiger partial charge in [-0.05, 0) is 39.9 Å². The maximum absolute atomic E-state index is 14.6. The third-order valence-electron chi connectivity index (χ3n) is 11.7. The standard InChI is InChI=1S/C43H58N4O11/c1-21-13-11-14-22(2)42(54)46-34-33-32(44-16-12-18-47(9)19-17-45-33)29-30(38(34)52)37(51)26(6)40-31(29)41(53)43(8,58-40)56-20-15-28(55-10)23(3)39(57-27(7)48)25(5)36(50)24(4)35(21)49/h11,13-15,20-21,23-25,28,35-36,39,49-52H,12,16-19H2,1-10H3,(H,46,54)/b13-11+,20-15+,22-14-,44-32?,45-33?/t21-,23+,24+,25+,28-,35-,36+,39+,43-/m0/s1. The number of phenolic OH excluding ortho intramolecular Hbond substituents is 2. The predicted molar refractivity (Wildman–Crippen MR) is 216 cm³/mol. The van der Waals surface area contributed by atoms with Gasteiger partial charge in [0, 0.05) is 74.2 Å². The fourth-order valence-electron chi connectivity index (χ4n) is 7.99. The number of hydrogen-bond donors (Lipinski definition) is 5. The highest BCUT2D eigenvalue weighted by atomic mass is 16.7. The molecule has 5 rings (SSSR count). The van der Waals surface area contributed by atoms with E-state index in [0.29, 0.717) is 19.5 Å². The Kier molecular flexibility index (Phi) is 13.7. The number of aliphatic hydroxyl groups excluding tert-OH is 2. The van der Waals surface area contributed by atoms with E-state index in [2.05, 4.69) is 10.2 Å². The van der Waals surface area contributed by atoms with Crippen LogP contribution in [0.1, 0.15) is 70.8 Å². The number of nitrogens with one attached hydrogen (secondary N) is 1.